The summed E-state index contributed by atoms with van der Waals surface area (Å²) >= 11 is 1.44. The average Bonchev–Trinajstić information content (AvgIpc) is 2.82. The zero-order chi connectivity index (χ0) is 17.8. The molecule has 1 aliphatic heterocycles. The average molecular weight is 362 g/mol. The number of nitrogens with one attached hydrogen (secondary N) is 1. The molecule has 2 aromatic rings. The van der Waals surface area contributed by atoms with E-state index >= 15 is 0 Å². The predicted molar refractivity (Wildman–Crippen MR) is 95.9 cm³/mol. The first-order valence-electron chi connectivity index (χ1n) is 8.69. The summed E-state index contributed by atoms with van der Waals surface area (Å²) in [5.74, 6) is 0.679. The molecule has 1 aliphatic rings. The number of thioether (sulfide) groups is 1. The summed E-state index contributed by atoms with van der Waals surface area (Å²) in [7, 11) is 0. The number of aromatic nitrogens is 3. The highest BCUT2D eigenvalue weighted by atomic mass is 32.2. The second-order valence-corrected chi connectivity index (χ2v) is 7.71. The van der Waals surface area contributed by atoms with Crippen molar-refractivity contribution in [3.63, 3.8) is 0 Å². The molecule has 2 heterocycles. The Morgan fingerprint density at radius 3 is 2.72 bits per heavy atom. The highest BCUT2D eigenvalue weighted by Crippen LogP contribution is 2.26. The molecular formula is C18H23FN4OS. The van der Waals surface area contributed by atoms with Crippen LogP contribution in [0.25, 0.3) is 0 Å². The van der Waals surface area contributed by atoms with Crippen LogP contribution in [-0.4, -0.2) is 25.9 Å². The van der Waals surface area contributed by atoms with Crippen LogP contribution < -0.4 is 5.32 Å². The standard InChI is InChI=1S/C18H23FN4OS/c1-12(14-7-9-15(19)10-8-14)20-17(24)13(2)25-18-22-21-16-6-4-3-5-11-23(16)18/h7-10,12-13H,3-6,11H2,1-2H3,(H,20,24)/t12-,13-/m1/s1. The predicted octanol–water partition coefficient (Wildman–Crippen LogP) is 3.50. The zero-order valence-corrected chi connectivity index (χ0v) is 15.4. The van der Waals surface area contributed by atoms with Crippen molar-refractivity contribution in [2.45, 2.75) is 62.5 Å². The number of fused-ring (bicyclic) bond motifs is 1. The maximum atomic E-state index is 13.0. The van der Waals surface area contributed by atoms with E-state index in [0.717, 1.165) is 42.4 Å². The van der Waals surface area contributed by atoms with Crippen LogP contribution in [0.4, 0.5) is 4.39 Å². The highest BCUT2D eigenvalue weighted by molar-refractivity contribution is 8.00. The summed E-state index contributed by atoms with van der Waals surface area (Å²) in [6.45, 7) is 4.69. The summed E-state index contributed by atoms with van der Waals surface area (Å²) < 4.78 is 15.2. The number of carbonyl (C=O) groups excluding carboxylic acids is 1. The first-order chi connectivity index (χ1) is 12.0. The van der Waals surface area contributed by atoms with Gasteiger partial charge >= 0.3 is 0 Å². The maximum Gasteiger partial charge on any atom is 0.233 e. The molecular weight excluding hydrogens is 339 g/mol. The molecule has 5 nitrogen and oxygen atoms in total. The summed E-state index contributed by atoms with van der Waals surface area (Å²) in [5, 5.41) is 12.1. The highest BCUT2D eigenvalue weighted by Gasteiger charge is 2.22. The fraction of sp³-hybridized carbons (Fsp3) is 0.500. The lowest BCUT2D eigenvalue weighted by molar-refractivity contribution is -0.120. The SMILES string of the molecule is C[C@@H](Sc1nnc2n1CCCCC2)C(=O)N[C@H](C)c1ccc(F)cc1. The third kappa shape index (κ3) is 4.39. The van der Waals surface area contributed by atoms with Gasteiger partial charge in [0, 0.05) is 13.0 Å². The summed E-state index contributed by atoms with van der Waals surface area (Å²) in [6, 6.07) is 6.02. The minimum atomic E-state index is -0.279. The molecule has 0 unspecified atom stereocenters. The molecule has 1 N–H and O–H groups in total. The lowest BCUT2D eigenvalue weighted by Gasteiger charge is -2.18. The monoisotopic (exact) mass is 362 g/mol. The van der Waals surface area contributed by atoms with Gasteiger partial charge in [0.25, 0.3) is 0 Å². The van der Waals surface area contributed by atoms with Crippen molar-refractivity contribution in [1.29, 1.82) is 0 Å². The van der Waals surface area contributed by atoms with E-state index in [4.69, 9.17) is 0 Å². The molecule has 2 atom stereocenters. The normalized spacial score (nSPS) is 16.6. The van der Waals surface area contributed by atoms with Crippen molar-refractivity contribution >= 4 is 17.7 Å². The van der Waals surface area contributed by atoms with Crippen LogP contribution in [0, 0.1) is 5.82 Å². The van der Waals surface area contributed by atoms with Gasteiger partial charge in [-0.25, -0.2) is 4.39 Å². The fourth-order valence-electron chi connectivity index (χ4n) is 2.92. The van der Waals surface area contributed by atoms with Crippen molar-refractivity contribution in [2.75, 3.05) is 0 Å². The second-order valence-electron chi connectivity index (χ2n) is 6.40. The quantitative estimate of drug-likeness (QED) is 0.827. The van der Waals surface area contributed by atoms with Crippen LogP contribution in [0.2, 0.25) is 0 Å². The molecule has 0 spiro atoms. The molecule has 25 heavy (non-hydrogen) atoms. The number of carbonyl (C=O) groups is 1. The van der Waals surface area contributed by atoms with Crippen molar-refractivity contribution in [3.05, 3.63) is 41.5 Å². The molecule has 0 bridgehead atoms. The van der Waals surface area contributed by atoms with E-state index in [1.54, 1.807) is 12.1 Å². The maximum absolute atomic E-state index is 13.0. The molecule has 0 aliphatic carbocycles. The van der Waals surface area contributed by atoms with Gasteiger partial charge in [-0.05, 0) is 44.4 Å². The van der Waals surface area contributed by atoms with Gasteiger partial charge in [-0.15, -0.1) is 10.2 Å². The zero-order valence-electron chi connectivity index (χ0n) is 14.5. The lowest BCUT2D eigenvalue weighted by Crippen LogP contribution is -2.33. The van der Waals surface area contributed by atoms with E-state index in [-0.39, 0.29) is 23.0 Å². The molecule has 134 valence electrons. The third-order valence-electron chi connectivity index (χ3n) is 4.46. The molecule has 0 radical (unpaired) electrons. The topological polar surface area (TPSA) is 59.8 Å². The number of rotatable bonds is 5. The van der Waals surface area contributed by atoms with Crippen molar-refractivity contribution in [3.8, 4) is 0 Å². The first kappa shape index (κ1) is 17.9. The van der Waals surface area contributed by atoms with E-state index < -0.39 is 0 Å². The van der Waals surface area contributed by atoms with Gasteiger partial charge in [0.2, 0.25) is 5.91 Å². The first-order valence-corrected chi connectivity index (χ1v) is 9.57. The van der Waals surface area contributed by atoms with Crippen LogP contribution >= 0.6 is 11.8 Å². The van der Waals surface area contributed by atoms with Gasteiger partial charge in [0.1, 0.15) is 11.6 Å². The van der Waals surface area contributed by atoms with Crippen LogP contribution in [0.15, 0.2) is 29.4 Å². The van der Waals surface area contributed by atoms with Crippen LogP contribution in [0.3, 0.4) is 0 Å². The Hall–Kier alpha value is -1.89. The fourth-order valence-corrected chi connectivity index (χ4v) is 3.83. The lowest BCUT2D eigenvalue weighted by atomic mass is 10.1. The Labute approximate surface area is 151 Å². The Morgan fingerprint density at radius 2 is 1.96 bits per heavy atom. The van der Waals surface area contributed by atoms with E-state index in [2.05, 4.69) is 20.1 Å². The minimum Gasteiger partial charge on any atom is -0.349 e. The number of hydrogen-bond donors (Lipinski definition) is 1. The van der Waals surface area contributed by atoms with Gasteiger partial charge in [-0.1, -0.05) is 30.3 Å². The molecule has 0 fully saturated rings. The Kier molecular flexibility index (Phi) is 5.73. The number of nitrogens with zero attached hydrogens (tertiary/aromatic N) is 3. The smallest absolute Gasteiger partial charge is 0.233 e. The molecule has 7 heteroatoms. The van der Waals surface area contributed by atoms with Gasteiger partial charge in [0.15, 0.2) is 5.16 Å². The Bertz CT molecular complexity index is 731. The van der Waals surface area contributed by atoms with Gasteiger partial charge in [-0.2, -0.15) is 0 Å². The van der Waals surface area contributed by atoms with Crippen molar-refractivity contribution < 1.29 is 9.18 Å². The number of aryl methyl sites for hydroxylation is 1. The summed E-state index contributed by atoms with van der Waals surface area (Å²) in [4.78, 5) is 12.5. The Balaban J connectivity index is 1.61. The molecule has 1 aromatic heterocycles. The molecule has 3 rings (SSSR count). The van der Waals surface area contributed by atoms with E-state index in [1.165, 1.54) is 30.3 Å². The Morgan fingerprint density at radius 1 is 1.20 bits per heavy atom. The van der Waals surface area contributed by atoms with Gasteiger partial charge in [0.05, 0.1) is 11.3 Å². The number of amides is 1. The van der Waals surface area contributed by atoms with Crippen molar-refractivity contribution in [1.82, 2.24) is 20.1 Å². The summed E-state index contributed by atoms with van der Waals surface area (Å²) in [5.41, 5.74) is 0.878. The summed E-state index contributed by atoms with van der Waals surface area (Å²) in [6.07, 6.45) is 4.43. The van der Waals surface area contributed by atoms with E-state index in [0.29, 0.717) is 0 Å². The molecule has 0 saturated carbocycles. The van der Waals surface area contributed by atoms with Crippen LogP contribution in [0.5, 0.6) is 0 Å². The van der Waals surface area contributed by atoms with E-state index in [9.17, 15) is 9.18 Å². The van der Waals surface area contributed by atoms with Crippen molar-refractivity contribution in [2.24, 2.45) is 0 Å². The second kappa shape index (κ2) is 7.99. The van der Waals surface area contributed by atoms with Gasteiger partial charge in [-0.3, -0.25) is 4.79 Å². The minimum absolute atomic E-state index is 0.0622. The molecule has 1 aromatic carbocycles. The van der Waals surface area contributed by atoms with E-state index in [1.807, 2.05) is 13.8 Å². The molecule has 1 amide bonds. The number of benzene rings is 1. The van der Waals surface area contributed by atoms with Gasteiger partial charge < -0.3 is 9.88 Å². The largest absolute Gasteiger partial charge is 0.349 e. The molecule has 0 saturated heterocycles. The number of hydrogen-bond acceptors (Lipinski definition) is 4. The third-order valence-corrected chi connectivity index (χ3v) is 5.54. The number of halogens is 1. The van der Waals surface area contributed by atoms with Crippen LogP contribution in [-0.2, 0) is 17.8 Å². The van der Waals surface area contributed by atoms with Crippen LogP contribution in [0.1, 0.15) is 50.5 Å².